The number of aromatic nitrogens is 12. The molecule has 23 heteroatoms. The van der Waals surface area contributed by atoms with Gasteiger partial charge in [-0.3, -0.25) is 28.5 Å². The summed E-state index contributed by atoms with van der Waals surface area (Å²) in [5, 5.41) is 11.4. The fraction of sp³-hybridized carbons (Fsp3) is 0.283. The molecule has 0 spiro atoms. The molecule has 2 saturated carbocycles. The highest BCUT2D eigenvalue weighted by Gasteiger charge is 2.27. The lowest BCUT2D eigenvalue weighted by Gasteiger charge is -2.07. The lowest BCUT2D eigenvalue weighted by atomic mass is 10.1. The van der Waals surface area contributed by atoms with Gasteiger partial charge in [-0.25, -0.2) is 28.7 Å². The topological polar surface area (TPSA) is 204 Å². The van der Waals surface area contributed by atoms with Crippen LogP contribution < -0.4 is 5.32 Å². The Hall–Kier alpha value is -7.92. The average molecular weight is 1160 g/mol. The van der Waals surface area contributed by atoms with E-state index in [4.69, 9.17) is 19.4 Å². The summed E-state index contributed by atoms with van der Waals surface area (Å²) in [6.07, 6.45) is 26.1. The minimum absolute atomic E-state index is 0.0648. The summed E-state index contributed by atoms with van der Waals surface area (Å²) in [5.41, 5.74) is 9.52. The van der Waals surface area contributed by atoms with E-state index in [0.717, 1.165) is 59.5 Å². The first kappa shape index (κ1) is 50.2. The van der Waals surface area contributed by atoms with Crippen molar-refractivity contribution in [1.29, 1.82) is 0 Å². The molecule has 10 aromatic heterocycles. The van der Waals surface area contributed by atoms with Gasteiger partial charge < -0.3 is 32.4 Å². The smallest absolute Gasteiger partial charge is 0.310 e. The first-order valence-electron chi connectivity index (χ1n) is 24.6. The number of amides is 1. The number of ether oxygens (including phenoxy) is 2. The lowest BCUT2D eigenvalue weighted by molar-refractivity contribution is -0.142. The van der Waals surface area contributed by atoms with Crippen LogP contribution in [-0.2, 0) is 58.1 Å². The molecule has 0 aromatic carbocycles. The number of imidazole rings is 4. The molecule has 12 rings (SSSR count). The number of ketones is 1. The predicted octanol–water partition coefficient (Wildman–Crippen LogP) is 8.54. The van der Waals surface area contributed by atoms with Crippen molar-refractivity contribution in [2.75, 3.05) is 6.61 Å². The molecule has 19 nitrogen and oxygen atoms in total. The highest BCUT2D eigenvalue weighted by molar-refractivity contribution is 9.10. The van der Waals surface area contributed by atoms with Crippen molar-refractivity contribution in [2.24, 2.45) is 0 Å². The quantitative estimate of drug-likeness (QED) is 0.0460. The second-order valence-corrected chi connectivity index (χ2v) is 20.5. The van der Waals surface area contributed by atoms with E-state index in [9.17, 15) is 28.0 Å². The van der Waals surface area contributed by atoms with Crippen molar-refractivity contribution in [3.63, 3.8) is 0 Å². The molecule has 1 N–H and O–H groups in total. The third-order valence-corrected chi connectivity index (χ3v) is 14.5. The van der Waals surface area contributed by atoms with E-state index in [-0.39, 0.29) is 43.7 Å². The predicted molar refractivity (Wildman–Crippen MR) is 278 cm³/mol. The number of aryl methyl sites for hydroxylation is 1. The number of rotatable bonds is 19. The van der Waals surface area contributed by atoms with E-state index >= 15 is 0 Å². The molecule has 0 aliphatic heterocycles. The van der Waals surface area contributed by atoms with Crippen LogP contribution in [0.5, 0.6) is 0 Å². The van der Waals surface area contributed by atoms with Crippen molar-refractivity contribution in [2.45, 2.75) is 89.9 Å². The van der Waals surface area contributed by atoms with Crippen molar-refractivity contribution in [1.82, 2.24) is 62.4 Å². The zero-order valence-corrected chi connectivity index (χ0v) is 44.0. The van der Waals surface area contributed by atoms with Crippen molar-refractivity contribution >= 4 is 78.3 Å². The molecule has 10 heterocycles. The molecule has 76 heavy (non-hydrogen) atoms. The van der Waals surface area contributed by atoms with Gasteiger partial charge in [-0.05, 0) is 118 Å². The minimum Gasteiger partial charge on any atom is -0.466 e. The number of pyridine rings is 4. The summed E-state index contributed by atoms with van der Waals surface area (Å²) in [6.45, 7) is 3.52. The van der Waals surface area contributed by atoms with Gasteiger partial charge in [0.25, 0.3) is 12.4 Å². The van der Waals surface area contributed by atoms with Crippen molar-refractivity contribution < 1.29 is 37.4 Å². The zero-order chi connectivity index (χ0) is 52.6. The van der Waals surface area contributed by atoms with E-state index in [1.54, 1.807) is 68.3 Å². The fourth-order valence-corrected chi connectivity index (χ4v) is 9.88. The molecule has 10 aromatic rings. The van der Waals surface area contributed by atoms with E-state index in [1.165, 1.54) is 29.8 Å². The summed E-state index contributed by atoms with van der Waals surface area (Å²) in [7, 11) is 0. The van der Waals surface area contributed by atoms with Crippen molar-refractivity contribution in [3.8, 4) is 0 Å². The molecule has 0 unspecified atom stereocenters. The second-order valence-electron chi connectivity index (χ2n) is 18.8. The highest BCUT2D eigenvalue weighted by Crippen LogP contribution is 2.41. The maximum atomic E-state index is 14.6. The summed E-state index contributed by atoms with van der Waals surface area (Å²) < 4.78 is 50.3. The standard InChI is InChI=1S/C28H26BrFN6O3.C25H21BrFN7O3/c1-2-39-25(38)10-18-9-19(17-3-4-17)12-35-14-21(33-28(18)35)15-36-13-20(11-32-36)24(37)6-5-23-27-26(30)22(29)7-8-34(27)16-31-23;26-20-3-4-32-13-29-21(23(32)22(20)27)7-28-25(36)18-6-30-34(9-18)11-19-10-33-8-16(15-1-2-15)5-17(12-37-14-35)24(33)31-19/h7-9,11-14,16-17H,2-6,10,15H2,1H3;3-6,8-10,13-15H,1-2,7,11-12H2,(H,28,36). The molecular formula is C53H47Br2F2N13O6. The summed E-state index contributed by atoms with van der Waals surface area (Å²) >= 11 is 6.38. The highest BCUT2D eigenvalue weighted by atomic mass is 79.9. The van der Waals surface area contributed by atoms with Gasteiger partial charge in [0, 0.05) is 67.1 Å². The Labute approximate surface area is 448 Å². The summed E-state index contributed by atoms with van der Waals surface area (Å²) in [5.74, 6) is -0.485. The number of carbonyl (C=O) groups is 4. The van der Waals surface area contributed by atoms with Crippen LogP contribution in [-0.4, -0.2) is 87.8 Å². The SMILES string of the molecule is CCOC(=O)Cc1cc(C2CC2)cn2cc(Cn3cc(C(=O)CCc4ncn5ccc(Br)c(F)c45)cn3)nc12.O=COCc1cc(C2CC2)cn2cc(Cn3cc(C(=O)NCc4ncn5ccc(Br)c(F)c45)cn3)nc12. The number of carbonyl (C=O) groups excluding carboxylic acids is 4. The normalized spacial score (nSPS) is 13.4. The first-order valence-corrected chi connectivity index (χ1v) is 26.1. The van der Waals surface area contributed by atoms with Gasteiger partial charge in [0.15, 0.2) is 17.4 Å². The maximum Gasteiger partial charge on any atom is 0.310 e. The summed E-state index contributed by atoms with van der Waals surface area (Å²) in [4.78, 5) is 66.5. The molecule has 2 fully saturated rings. The molecule has 0 atom stereocenters. The van der Waals surface area contributed by atoms with Gasteiger partial charge >= 0.3 is 5.97 Å². The van der Waals surface area contributed by atoms with Gasteiger partial charge in [-0.15, -0.1) is 0 Å². The Morgan fingerprint density at radius 2 is 1.29 bits per heavy atom. The van der Waals surface area contributed by atoms with Crippen LogP contribution in [0.25, 0.3) is 22.3 Å². The number of nitrogens with one attached hydrogen (secondary N) is 1. The number of Topliss-reactive ketones (excluding diaryl/α,β-unsaturated/α-hetero) is 1. The van der Waals surface area contributed by atoms with Crippen LogP contribution >= 0.6 is 31.9 Å². The average Bonchev–Trinajstić information content (AvgIpc) is 4.01. The van der Waals surface area contributed by atoms with Gasteiger partial charge in [0.2, 0.25) is 0 Å². The fourth-order valence-electron chi connectivity index (χ4n) is 9.27. The largest absolute Gasteiger partial charge is 0.466 e. The van der Waals surface area contributed by atoms with E-state index < -0.39 is 11.6 Å². The van der Waals surface area contributed by atoms with Crippen LogP contribution in [0.15, 0.2) is 108 Å². The molecule has 388 valence electrons. The number of nitrogens with zero attached hydrogens (tertiary/aromatic N) is 12. The van der Waals surface area contributed by atoms with E-state index in [1.807, 2.05) is 21.2 Å². The first-order chi connectivity index (χ1) is 36.9. The molecule has 2 aliphatic carbocycles. The Morgan fingerprint density at radius 3 is 1.88 bits per heavy atom. The molecular weight excluding hydrogens is 1110 g/mol. The summed E-state index contributed by atoms with van der Waals surface area (Å²) in [6, 6.07) is 7.33. The minimum atomic E-state index is -0.436. The van der Waals surface area contributed by atoms with Gasteiger partial charge in [-0.2, -0.15) is 10.2 Å². The Morgan fingerprint density at radius 1 is 0.737 bits per heavy atom. The van der Waals surface area contributed by atoms with E-state index in [0.29, 0.717) is 86.9 Å². The van der Waals surface area contributed by atoms with Crippen LogP contribution in [0.4, 0.5) is 8.78 Å². The third kappa shape index (κ3) is 10.8. The number of halogens is 4. The van der Waals surface area contributed by atoms with E-state index in [2.05, 4.69) is 81.9 Å². The monoisotopic (exact) mass is 1160 g/mol. The molecule has 0 radical (unpaired) electrons. The molecule has 0 saturated heterocycles. The van der Waals surface area contributed by atoms with Gasteiger partial charge in [0.1, 0.15) is 28.9 Å². The third-order valence-electron chi connectivity index (χ3n) is 13.3. The molecule has 2 aliphatic rings. The molecule has 1 amide bonds. The maximum absolute atomic E-state index is 14.6. The van der Waals surface area contributed by atoms with Crippen LogP contribution in [0.3, 0.4) is 0 Å². The van der Waals surface area contributed by atoms with Crippen LogP contribution in [0, 0.1) is 11.6 Å². The Kier molecular flexibility index (Phi) is 14.1. The lowest BCUT2D eigenvalue weighted by Crippen LogP contribution is -2.22. The molecule has 0 bridgehead atoms. The number of hydrogen-bond acceptors (Lipinski definition) is 12. The number of esters is 1. The Balaban J connectivity index is 0.000000162. The Bertz CT molecular complexity index is 3870. The zero-order valence-electron chi connectivity index (χ0n) is 40.8. The van der Waals surface area contributed by atoms with Crippen LogP contribution in [0.1, 0.15) is 117 Å². The second kappa shape index (κ2) is 21.4. The van der Waals surface area contributed by atoms with Crippen molar-refractivity contribution in [3.05, 3.63) is 176 Å². The number of fused-ring (bicyclic) bond motifs is 4. The van der Waals surface area contributed by atoms with Gasteiger partial charge in [-0.1, -0.05) is 0 Å². The van der Waals surface area contributed by atoms with Crippen LogP contribution in [0.2, 0.25) is 0 Å². The van der Waals surface area contributed by atoms with Gasteiger partial charge in [0.05, 0.1) is 101 Å². The number of hydrogen-bond donors (Lipinski definition) is 1.